The summed E-state index contributed by atoms with van der Waals surface area (Å²) in [6.45, 7) is 0. The van der Waals surface area contributed by atoms with E-state index in [-0.39, 0.29) is 16.0 Å². The fourth-order valence-corrected chi connectivity index (χ4v) is 5.23. The number of hydrogen-bond donors (Lipinski definition) is 0. The third kappa shape index (κ3) is 3.21. The van der Waals surface area contributed by atoms with Crippen LogP contribution >= 0.6 is 0 Å². The van der Waals surface area contributed by atoms with Crippen LogP contribution < -0.4 is 0 Å². The lowest BCUT2D eigenvalue weighted by molar-refractivity contribution is -0.384. The normalized spacial score (nSPS) is 13.5. The van der Waals surface area contributed by atoms with Crippen LogP contribution in [0.1, 0.15) is 41.8 Å². The number of rotatable bonds is 7. The van der Waals surface area contributed by atoms with Crippen molar-refractivity contribution in [1.82, 2.24) is 9.55 Å². The second-order valence-electron chi connectivity index (χ2n) is 8.49. The highest BCUT2D eigenvalue weighted by Crippen LogP contribution is 2.54. The Morgan fingerprint density at radius 3 is 2.09 bits per heavy atom. The first-order valence-electron chi connectivity index (χ1n) is 11.0. The van der Waals surface area contributed by atoms with E-state index in [1.165, 1.54) is 22.3 Å². The van der Waals surface area contributed by atoms with Gasteiger partial charge in [-0.15, -0.1) is 0 Å². The van der Waals surface area contributed by atoms with E-state index in [0.29, 0.717) is 0 Å². The van der Waals surface area contributed by atoms with Crippen molar-refractivity contribution in [3.63, 3.8) is 0 Å². The van der Waals surface area contributed by atoms with E-state index in [0.717, 1.165) is 37.1 Å². The maximum absolute atomic E-state index is 10.9. The van der Waals surface area contributed by atoms with Crippen molar-refractivity contribution >= 4 is 5.69 Å². The van der Waals surface area contributed by atoms with Crippen molar-refractivity contribution in [2.24, 2.45) is 7.05 Å². The summed E-state index contributed by atoms with van der Waals surface area (Å²) in [5.74, 6) is 1.07. The predicted molar refractivity (Wildman–Crippen MR) is 126 cm³/mol. The Morgan fingerprint density at radius 2 is 1.53 bits per heavy atom. The topological polar surface area (TPSA) is 61.0 Å². The molecule has 5 nitrogen and oxygen atoms in total. The molecule has 0 atom stereocenters. The Balaban J connectivity index is 1.46. The highest BCUT2D eigenvalue weighted by Gasteiger charge is 2.46. The van der Waals surface area contributed by atoms with Crippen LogP contribution in [-0.4, -0.2) is 14.5 Å². The average Bonchev–Trinajstić information content (AvgIpc) is 3.37. The van der Waals surface area contributed by atoms with Crippen molar-refractivity contribution in [1.29, 1.82) is 0 Å². The molecule has 1 heterocycles. The van der Waals surface area contributed by atoms with Crippen LogP contribution in [-0.2, 0) is 18.9 Å². The third-order valence-electron chi connectivity index (χ3n) is 6.68. The van der Waals surface area contributed by atoms with E-state index < -0.39 is 0 Å². The van der Waals surface area contributed by atoms with Crippen LogP contribution in [0.2, 0.25) is 0 Å². The van der Waals surface area contributed by atoms with Crippen molar-refractivity contribution in [2.75, 3.05) is 0 Å². The second kappa shape index (κ2) is 8.08. The van der Waals surface area contributed by atoms with Crippen LogP contribution in [0.25, 0.3) is 11.1 Å². The lowest BCUT2D eigenvalue weighted by Gasteiger charge is -2.32. The van der Waals surface area contributed by atoms with E-state index in [1.54, 1.807) is 12.1 Å². The van der Waals surface area contributed by atoms with Crippen LogP contribution in [0.3, 0.4) is 0 Å². The molecule has 0 fully saturated rings. The summed E-state index contributed by atoms with van der Waals surface area (Å²) in [7, 11) is 2.07. The second-order valence-corrected chi connectivity index (χ2v) is 8.49. The number of nitro benzene ring substituents is 1. The molecule has 0 bridgehead atoms. The van der Waals surface area contributed by atoms with Crippen LogP contribution in [0, 0.1) is 10.1 Å². The van der Waals surface area contributed by atoms with E-state index in [1.807, 2.05) is 24.5 Å². The number of benzene rings is 3. The number of unbranched alkanes of at least 4 members (excludes halogenated alkanes) is 1. The van der Waals surface area contributed by atoms with Gasteiger partial charge in [0.25, 0.3) is 5.69 Å². The number of fused-ring (bicyclic) bond motifs is 3. The molecule has 0 spiro atoms. The van der Waals surface area contributed by atoms with Gasteiger partial charge in [0, 0.05) is 31.6 Å². The summed E-state index contributed by atoms with van der Waals surface area (Å²) in [6, 6.07) is 24.3. The molecule has 1 aliphatic rings. The first-order chi connectivity index (χ1) is 15.6. The molecule has 160 valence electrons. The van der Waals surface area contributed by atoms with Crippen molar-refractivity contribution < 1.29 is 4.92 Å². The molecule has 1 aliphatic carbocycles. The average molecular weight is 424 g/mol. The summed E-state index contributed by atoms with van der Waals surface area (Å²) < 4.78 is 2.15. The lowest BCUT2D eigenvalue weighted by atomic mass is 9.73. The van der Waals surface area contributed by atoms with Gasteiger partial charge in [0.2, 0.25) is 0 Å². The van der Waals surface area contributed by atoms with Gasteiger partial charge in [0.05, 0.1) is 10.3 Å². The van der Waals surface area contributed by atoms with Crippen LogP contribution in [0.4, 0.5) is 5.69 Å². The minimum Gasteiger partial charge on any atom is -0.337 e. The first-order valence-corrected chi connectivity index (χ1v) is 11.0. The number of nitro groups is 1. The molecule has 5 heteroatoms. The van der Waals surface area contributed by atoms with Crippen molar-refractivity contribution in [3.05, 3.63) is 118 Å². The van der Waals surface area contributed by atoms with E-state index in [2.05, 4.69) is 60.1 Å². The van der Waals surface area contributed by atoms with Gasteiger partial charge in [-0.05, 0) is 47.1 Å². The number of aryl methyl sites for hydroxylation is 2. The van der Waals surface area contributed by atoms with Crippen molar-refractivity contribution in [2.45, 2.75) is 31.1 Å². The molecule has 3 aromatic carbocycles. The Labute approximate surface area is 187 Å². The zero-order valence-corrected chi connectivity index (χ0v) is 18.1. The molecule has 0 unspecified atom stereocenters. The number of hydrogen-bond acceptors (Lipinski definition) is 3. The number of non-ortho nitro benzene ring substituents is 1. The highest BCUT2D eigenvalue weighted by atomic mass is 16.6. The smallest absolute Gasteiger partial charge is 0.269 e. The predicted octanol–water partition coefficient (Wildman–Crippen LogP) is 6.06. The zero-order valence-electron chi connectivity index (χ0n) is 18.1. The molecule has 5 rings (SSSR count). The quantitative estimate of drug-likeness (QED) is 0.206. The molecule has 0 saturated heterocycles. The molecule has 4 aromatic rings. The Bertz CT molecular complexity index is 1230. The summed E-state index contributed by atoms with van der Waals surface area (Å²) in [5, 5.41) is 10.9. The highest BCUT2D eigenvalue weighted by molar-refractivity contribution is 5.82. The molecule has 0 N–H and O–H groups in total. The fourth-order valence-electron chi connectivity index (χ4n) is 5.23. The van der Waals surface area contributed by atoms with Gasteiger partial charge in [0.15, 0.2) is 0 Å². The maximum Gasteiger partial charge on any atom is 0.269 e. The van der Waals surface area contributed by atoms with E-state index >= 15 is 0 Å². The van der Waals surface area contributed by atoms with Gasteiger partial charge in [-0.25, -0.2) is 4.98 Å². The van der Waals surface area contributed by atoms with Gasteiger partial charge >= 0.3 is 0 Å². The summed E-state index contributed by atoms with van der Waals surface area (Å²) in [4.78, 5) is 15.4. The van der Waals surface area contributed by atoms with Crippen LogP contribution in [0.5, 0.6) is 0 Å². The largest absolute Gasteiger partial charge is 0.337 e. The number of nitrogens with zero attached hydrogens (tertiary/aromatic N) is 3. The summed E-state index contributed by atoms with van der Waals surface area (Å²) in [6.07, 6.45) is 7.80. The molecular formula is C27H25N3O2. The molecular weight excluding hydrogens is 398 g/mol. The van der Waals surface area contributed by atoms with Gasteiger partial charge in [-0.1, -0.05) is 67.1 Å². The molecule has 0 amide bonds. The van der Waals surface area contributed by atoms with Gasteiger partial charge < -0.3 is 4.57 Å². The Morgan fingerprint density at radius 1 is 0.906 bits per heavy atom. The minimum absolute atomic E-state index is 0.140. The standard InChI is InChI=1S/C27H25N3O2/c1-29-19-18-28-26(29)27(17-7-6-8-20-13-15-21(16-14-20)30(31)32)24-11-4-2-9-22(24)23-10-3-5-12-25(23)27/h2-5,9-16,18-19H,6-8,17H2,1H3. The number of aromatic nitrogens is 2. The van der Waals surface area contributed by atoms with Gasteiger partial charge in [-0.2, -0.15) is 0 Å². The summed E-state index contributed by atoms with van der Waals surface area (Å²) in [5.41, 5.74) is 6.23. The van der Waals surface area contributed by atoms with E-state index in [4.69, 9.17) is 4.98 Å². The van der Waals surface area contributed by atoms with E-state index in [9.17, 15) is 10.1 Å². The SMILES string of the molecule is Cn1ccnc1C1(CCCCc2ccc([N+](=O)[O-])cc2)c2ccccc2-c2ccccc21. The molecule has 32 heavy (non-hydrogen) atoms. The molecule has 1 aromatic heterocycles. The summed E-state index contributed by atoms with van der Waals surface area (Å²) >= 11 is 0. The maximum atomic E-state index is 10.9. The van der Waals surface area contributed by atoms with Crippen molar-refractivity contribution in [3.8, 4) is 11.1 Å². The zero-order chi connectivity index (χ0) is 22.1. The lowest BCUT2D eigenvalue weighted by Crippen LogP contribution is -2.30. The minimum atomic E-state index is -0.352. The fraction of sp³-hybridized carbons (Fsp3) is 0.222. The molecule has 0 radical (unpaired) electrons. The molecule has 0 aliphatic heterocycles. The Hall–Kier alpha value is -3.73. The molecule has 0 saturated carbocycles. The Kier molecular flexibility index (Phi) is 5.10. The first kappa shape index (κ1) is 20.2. The van der Waals surface area contributed by atoms with Gasteiger partial charge in [-0.3, -0.25) is 10.1 Å². The number of imidazole rings is 1. The van der Waals surface area contributed by atoms with Gasteiger partial charge in [0.1, 0.15) is 5.82 Å². The third-order valence-corrected chi connectivity index (χ3v) is 6.68. The van der Waals surface area contributed by atoms with Crippen LogP contribution in [0.15, 0.2) is 85.2 Å². The monoisotopic (exact) mass is 423 g/mol.